The van der Waals surface area contributed by atoms with Gasteiger partial charge in [0.1, 0.15) is 0 Å². The normalized spacial score (nSPS) is 20.7. The molecule has 3 rings (SSSR count). The lowest BCUT2D eigenvalue weighted by Crippen LogP contribution is -2.45. The fourth-order valence-corrected chi connectivity index (χ4v) is 2.76. The second-order valence-corrected chi connectivity index (χ2v) is 5.33. The van der Waals surface area contributed by atoms with Crippen molar-refractivity contribution < 1.29 is 19.4 Å². The predicted octanol–water partition coefficient (Wildman–Crippen LogP) is -0.0243. The fourth-order valence-electron chi connectivity index (χ4n) is 2.76. The number of hydrogen-bond donors (Lipinski definition) is 1. The number of nitrogens with zero attached hydrogens (tertiary/aromatic N) is 2. The minimum absolute atomic E-state index is 0.0315. The van der Waals surface area contributed by atoms with Gasteiger partial charge in [-0.1, -0.05) is 12.1 Å². The molecule has 2 heterocycles. The second kappa shape index (κ2) is 5.93. The summed E-state index contributed by atoms with van der Waals surface area (Å²) in [5.74, 6) is -0.645. The number of aliphatic hydroxyl groups excluding tert-OH is 1. The first-order chi connectivity index (χ1) is 10.2. The van der Waals surface area contributed by atoms with Crippen LogP contribution in [0.4, 0.5) is 0 Å². The maximum atomic E-state index is 12.2. The minimum atomic E-state index is -0.745. The third kappa shape index (κ3) is 2.83. The Bertz CT molecular complexity index is 519. The van der Waals surface area contributed by atoms with E-state index < -0.39 is 6.10 Å². The highest BCUT2D eigenvalue weighted by Gasteiger charge is 2.36. The van der Waals surface area contributed by atoms with Gasteiger partial charge in [-0.05, 0) is 12.1 Å². The number of amides is 2. The molecule has 112 valence electrons. The van der Waals surface area contributed by atoms with E-state index in [1.54, 1.807) is 24.3 Å². The molecule has 2 amide bonds. The summed E-state index contributed by atoms with van der Waals surface area (Å²) in [7, 11) is 0. The van der Waals surface area contributed by atoms with Crippen LogP contribution < -0.4 is 0 Å². The zero-order valence-electron chi connectivity index (χ0n) is 11.7. The largest absolute Gasteiger partial charge is 0.390 e. The van der Waals surface area contributed by atoms with E-state index >= 15 is 0 Å². The van der Waals surface area contributed by atoms with Crippen LogP contribution in [0.1, 0.15) is 20.7 Å². The Balaban J connectivity index is 1.63. The predicted molar refractivity (Wildman–Crippen MR) is 75.1 cm³/mol. The lowest BCUT2D eigenvalue weighted by atomic mass is 10.1. The van der Waals surface area contributed by atoms with Gasteiger partial charge in [0.2, 0.25) is 0 Å². The molecule has 6 heteroatoms. The highest BCUT2D eigenvalue weighted by Crippen LogP contribution is 2.22. The Morgan fingerprint density at radius 3 is 2.19 bits per heavy atom. The van der Waals surface area contributed by atoms with E-state index in [1.165, 1.54) is 0 Å². The van der Waals surface area contributed by atoms with Crippen LogP contribution in [0.2, 0.25) is 0 Å². The third-order valence-electron chi connectivity index (χ3n) is 3.84. The van der Waals surface area contributed by atoms with Crippen molar-refractivity contribution in [3.8, 4) is 0 Å². The van der Waals surface area contributed by atoms with Gasteiger partial charge >= 0.3 is 0 Å². The molecule has 1 atom stereocenters. The van der Waals surface area contributed by atoms with Gasteiger partial charge in [0.15, 0.2) is 0 Å². The molecular formula is C15H18N2O4. The zero-order chi connectivity index (χ0) is 14.8. The summed E-state index contributed by atoms with van der Waals surface area (Å²) >= 11 is 0. The lowest BCUT2D eigenvalue weighted by Gasteiger charge is -2.29. The first-order valence-corrected chi connectivity index (χ1v) is 7.10. The van der Waals surface area contributed by atoms with Crippen molar-refractivity contribution in [2.75, 3.05) is 39.4 Å². The second-order valence-electron chi connectivity index (χ2n) is 5.33. The summed E-state index contributed by atoms with van der Waals surface area (Å²) in [4.78, 5) is 27.6. The van der Waals surface area contributed by atoms with Gasteiger partial charge in [-0.15, -0.1) is 0 Å². The Kier molecular flexibility index (Phi) is 4.01. The molecule has 0 spiro atoms. The molecule has 0 unspecified atom stereocenters. The monoisotopic (exact) mass is 290 g/mol. The zero-order valence-corrected chi connectivity index (χ0v) is 11.7. The molecule has 1 fully saturated rings. The molecule has 0 aliphatic carbocycles. The van der Waals surface area contributed by atoms with Crippen LogP contribution >= 0.6 is 0 Å². The van der Waals surface area contributed by atoms with Gasteiger partial charge in [-0.3, -0.25) is 19.4 Å². The van der Waals surface area contributed by atoms with Crippen LogP contribution in [0.3, 0.4) is 0 Å². The Morgan fingerprint density at radius 1 is 1.05 bits per heavy atom. The molecule has 1 aromatic carbocycles. The first kappa shape index (κ1) is 14.2. The molecule has 1 N–H and O–H groups in total. The number of fused-ring (bicyclic) bond motifs is 1. The fraction of sp³-hybridized carbons (Fsp3) is 0.467. The number of morpholine rings is 1. The molecule has 0 aromatic heterocycles. The van der Waals surface area contributed by atoms with Crippen molar-refractivity contribution in [2.45, 2.75) is 6.10 Å². The van der Waals surface area contributed by atoms with Crippen molar-refractivity contribution in [3.63, 3.8) is 0 Å². The van der Waals surface area contributed by atoms with Crippen LogP contribution in [-0.4, -0.2) is 72.2 Å². The van der Waals surface area contributed by atoms with Gasteiger partial charge in [0.05, 0.1) is 37.0 Å². The van der Waals surface area contributed by atoms with Gasteiger partial charge in [-0.2, -0.15) is 0 Å². The maximum Gasteiger partial charge on any atom is 0.261 e. The minimum Gasteiger partial charge on any atom is -0.390 e. The lowest BCUT2D eigenvalue weighted by molar-refractivity contribution is 0.00800. The molecular weight excluding hydrogens is 272 g/mol. The molecule has 6 nitrogen and oxygen atoms in total. The van der Waals surface area contributed by atoms with E-state index in [4.69, 9.17) is 4.74 Å². The van der Waals surface area contributed by atoms with Crippen molar-refractivity contribution in [1.29, 1.82) is 0 Å². The molecule has 21 heavy (non-hydrogen) atoms. The molecule has 2 aliphatic rings. The van der Waals surface area contributed by atoms with E-state index in [0.717, 1.165) is 18.0 Å². The van der Waals surface area contributed by atoms with E-state index in [2.05, 4.69) is 4.90 Å². The van der Waals surface area contributed by atoms with E-state index in [-0.39, 0.29) is 18.4 Å². The molecule has 0 radical (unpaired) electrons. The number of rotatable bonds is 4. The maximum absolute atomic E-state index is 12.2. The number of ether oxygens (including phenoxy) is 1. The van der Waals surface area contributed by atoms with Crippen LogP contribution in [0.15, 0.2) is 24.3 Å². The van der Waals surface area contributed by atoms with E-state index in [1.807, 2.05) is 0 Å². The topological polar surface area (TPSA) is 70.1 Å². The number of β-amino-alcohol motifs (C(OH)–C–C–N with tert-alkyl or cyclic N) is 1. The highest BCUT2D eigenvalue weighted by atomic mass is 16.5. The number of imide groups is 1. The number of carbonyl (C=O) groups is 2. The van der Waals surface area contributed by atoms with Gasteiger partial charge in [0.25, 0.3) is 11.8 Å². The van der Waals surface area contributed by atoms with E-state index in [9.17, 15) is 14.7 Å². The first-order valence-electron chi connectivity index (χ1n) is 7.10. The van der Waals surface area contributed by atoms with Crippen LogP contribution in [0.5, 0.6) is 0 Å². The van der Waals surface area contributed by atoms with Gasteiger partial charge in [0, 0.05) is 19.6 Å². The molecule has 2 aliphatic heterocycles. The van der Waals surface area contributed by atoms with Crippen molar-refractivity contribution in [1.82, 2.24) is 9.80 Å². The smallest absolute Gasteiger partial charge is 0.261 e. The highest BCUT2D eigenvalue weighted by molar-refractivity contribution is 6.21. The third-order valence-corrected chi connectivity index (χ3v) is 3.84. The standard InChI is InChI=1S/C15H18N2O4/c18-11(9-16-5-7-21-8-6-16)10-17-14(19)12-3-1-2-4-13(12)15(17)20/h1-4,11,18H,5-10H2/t11-/m1/s1. The van der Waals surface area contributed by atoms with Crippen LogP contribution in [0.25, 0.3) is 0 Å². The summed E-state index contributed by atoms with van der Waals surface area (Å²) in [6.07, 6.45) is -0.745. The number of aliphatic hydroxyl groups is 1. The molecule has 1 aromatic rings. The van der Waals surface area contributed by atoms with Crippen molar-refractivity contribution >= 4 is 11.8 Å². The molecule has 1 saturated heterocycles. The average molecular weight is 290 g/mol. The van der Waals surface area contributed by atoms with Gasteiger partial charge < -0.3 is 9.84 Å². The summed E-state index contributed by atoms with van der Waals surface area (Å²) in [6, 6.07) is 6.75. The van der Waals surface area contributed by atoms with Crippen molar-refractivity contribution in [2.24, 2.45) is 0 Å². The summed E-state index contributed by atoms with van der Waals surface area (Å²) in [6.45, 7) is 3.30. The molecule has 0 saturated carbocycles. The van der Waals surface area contributed by atoms with Gasteiger partial charge in [-0.25, -0.2) is 0 Å². The Labute approximate surface area is 122 Å². The van der Waals surface area contributed by atoms with Crippen LogP contribution in [-0.2, 0) is 4.74 Å². The van der Waals surface area contributed by atoms with E-state index in [0.29, 0.717) is 30.9 Å². The summed E-state index contributed by atoms with van der Waals surface area (Å²) in [5, 5.41) is 10.1. The molecule has 0 bridgehead atoms. The Hall–Kier alpha value is -1.76. The Morgan fingerprint density at radius 2 is 1.62 bits per heavy atom. The summed E-state index contributed by atoms with van der Waals surface area (Å²) < 4.78 is 5.25. The number of hydrogen-bond acceptors (Lipinski definition) is 5. The number of carbonyl (C=O) groups excluding carboxylic acids is 2. The summed E-state index contributed by atoms with van der Waals surface area (Å²) in [5.41, 5.74) is 0.835. The van der Waals surface area contributed by atoms with Crippen molar-refractivity contribution in [3.05, 3.63) is 35.4 Å². The number of benzene rings is 1. The quantitative estimate of drug-likeness (QED) is 0.789. The average Bonchev–Trinajstić information content (AvgIpc) is 2.74. The SMILES string of the molecule is O=C1c2ccccc2C(=O)N1C[C@H](O)CN1CCOCC1. The van der Waals surface area contributed by atoms with Crippen LogP contribution in [0, 0.1) is 0 Å².